The Morgan fingerprint density at radius 2 is 2.00 bits per heavy atom. The van der Waals surface area contributed by atoms with Gasteiger partial charge in [0.1, 0.15) is 0 Å². The minimum Gasteiger partial charge on any atom is -0.309 e. The summed E-state index contributed by atoms with van der Waals surface area (Å²) in [4.78, 5) is 1.32. The van der Waals surface area contributed by atoms with Crippen molar-refractivity contribution < 1.29 is 0 Å². The Bertz CT molecular complexity index is 314. The first kappa shape index (κ1) is 13.6. The molecule has 4 heteroatoms. The third-order valence-electron chi connectivity index (χ3n) is 2.61. The van der Waals surface area contributed by atoms with Crippen molar-refractivity contribution in [3.63, 3.8) is 0 Å². The van der Waals surface area contributed by atoms with Gasteiger partial charge in [-0.05, 0) is 29.9 Å². The van der Waals surface area contributed by atoms with E-state index in [0.717, 1.165) is 19.4 Å². The van der Waals surface area contributed by atoms with E-state index in [-0.39, 0.29) is 5.41 Å². The summed E-state index contributed by atoms with van der Waals surface area (Å²) < 4.78 is 4.11. The molecule has 3 nitrogen and oxygen atoms in total. The van der Waals surface area contributed by atoms with E-state index in [9.17, 15) is 0 Å². The summed E-state index contributed by atoms with van der Waals surface area (Å²) in [5.41, 5.74) is 1.38. The summed E-state index contributed by atoms with van der Waals surface area (Å²) in [6, 6.07) is 0.360. The van der Waals surface area contributed by atoms with Gasteiger partial charge in [-0.15, -0.1) is 5.10 Å². The van der Waals surface area contributed by atoms with Crippen molar-refractivity contribution in [3.05, 3.63) is 10.6 Å². The van der Waals surface area contributed by atoms with Gasteiger partial charge in [0.05, 0.1) is 10.6 Å². The van der Waals surface area contributed by atoms with Crippen molar-refractivity contribution >= 4 is 11.5 Å². The van der Waals surface area contributed by atoms with Crippen molar-refractivity contribution in [2.75, 3.05) is 6.54 Å². The molecule has 0 amide bonds. The quantitative estimate of drug-likeness (QED) is 0.860. The molecule has 0 aliphatic rings. The summed E-state index contributed by atoms with van der Waals surface area (Å²) in [5, 5.41) is 7.81. The van der Waals surface area contributed by atoms with Gasteiger partial charge in [0.2, 0.25) is 0 Å². The van der Waals surface area contributed by atoms with Crippen molar-refractivity contribution in [2.45, 2.75) is 53.5 Å². The average molecular weight is 241 g/mol. The fourth-order valence-corrected chi connectivity index (χ4v) is 2.86. The highest BCUT2D eigenvalue weighted by Crippen LogP contribution is 2.35. The van der Waals surface area contributed by atoms with Crippen LogP contribution in [0.15, 0.2) is 0 Å². The number of hydrogen-bond acceptors (Lipinski definition) is 4. The lowest BCUT2D eigenvalue weighted by Gasteiger charge is -2.30. The van der Waals surface area contributed by atoms with Gasteiger partial charge in [-0.2, -0.15) is 0 Å². The standard InChI is InChI=1S/C12H23N3S/c1-6-8-9-10(16-15-14-9)11(13-7-2)12(3,4)5/h11,13H,6-8H2,1-5H3. The smallest absolute Gasteiger partial charge is 0.0803 e. The Hall–Kier alpha value is -0.480. The van der Waals surface area contributed by atoms with Gasteiger partial charge in [-0.3, -0.25) is 0 Å². The van der Waals surface area contributed by atoms with E-state index in [1.54, 1.807) is 11.5 Å². The Morgan fingerprint density at radius 1 is 1.31 bits per heavy atom. The predicted molar refractivity (Wildman–Crippen MR) is 69.8 cm³/mol. The third kappa shape index (κ3) is 3.25. The monoisotopic (exact) mass is 241 g/mol. The Labute approximate surface area is 103 Å². The molecule has 1 heterocycles. The fraction of sp³-hybridized carbons (Fsp3) is 0.833. The van der Waals surface area contributed by atoms with Crippen LogP contribution in [0.5, 0.6) is 0 Å². The van der Waals surface area contributed by atoms with Crippen molar-refractivity contribution in [1.82, 2.24) is 14.9 Å². The molecule has 1 rings (SSSR count). The average Bonchev–Trinajstić information content (AvgIpc) is 2.61. The molecule has 16 heavy (non-hydrogen) atoms. The SMILES string of the molecule is CCCc1nnsc1C(NCC)C(C)(C)C. The first-order valence-electron chi connectivity index (χ1n) is 6.05. The first-order valence-corrected chi connectivity index (χ1v) is 6.82. The zero-order valence-electron chi connectivity index (χ0n) is 11.0. The minimum absolute atomic E-state index is 0.201. The molecule has 0 saturated carbocycles. The molecule has 92 valence electrons. The molecule has 0 spiro atoms. The van der Waals surface area contributed by atoms with Crippen LogP contribution < -0.4 is 5.32 Å². The second-order valence-electron chi connectivity index (χ2n) is 5.19. The zero-order valence-corrected chi connectivity index (χ0v) is 11.8. The molecule has 1 unspecified atom stereocenters. The van der Waals surface area contributed by atoms with Gasteiger partial charge in [-0.1, -0.05) is 45.5 Å². The van der Waals surface area contributed by atoms with Gasteiger partial charge in [0.15, 0.2) is 0 Å². The van der Waals surface area contributed by atoms with Crippen LogP contribution in [-0.4, -0.2) is 16.1 Å². The number of nitrogens with zero attached hydrogens (tertiary/aromatic N) is 2. The fourth-order valence-electron chi connectivity index (χ4n) is 1.84. The molecule has 0 saturated heterocycles. The number of aryl methyl sites for hydroxylation is 1. The maximum Gasteiger partial charge on any atom is 0.0803 e. The summed E-state index contributed by atoms with van der Waals surface area (Å²) in [6.45, 7) is 12.1. The number of nitrogens with one attached hydrogen (secondary N) is 1. The van der Waals surface area contributed by atoms with Crippen LogP contribution in [0.4, 0.5) is 0 Å². The van der Waals surface area contributed by atoms with Crippen LogP contribution in [0.25, 0.3) is 0 Å². The number of hydrogen-bond donors (Lipinski definition) is 1. The second-order valence-corrected chi connectivity index (χ2v) is 5.98. The molecule has 0 aliphatic carbocycles. The molecular formula is C12H23N3S. The summed E-state index contributed by atoms with van der Waals surface area (Å²) >= 11 is 1.54. The molecule has 1 aromatic heterocycles. The molecule has 0 aliphatic heterocycles. The molecule has 0 radical (unpaired) electrons. The molecular weight excluding hydrogens is 218 g/mol. The summed E-state index contributed by atoms with van der Waals surface area (Å²) in [7, 11) is 0. The third-order valence-corrected chi connectivity index (χ3v) is 3.44. The van der Waals surface area contributed by atoms with Gasteiger partial charge in [0.25, 0.3) is 0 Å². The van der Waals surface area contributed by atoms with E-state index in [2.05, 4.69) is 49.5 Å². The van der Waals surface area contributed by atoms with Crippen LogP contribution in [0.1, 0.15) is 57.7 Å². The molecule has 1 aromatic rings. The predicted octanol–water partition coefficient (Wildman–Crippen LogP) is 3.19. The first-order chi connectivity index (χ1) is 7.50. The second kappa shape index (κ2) is 5.73. The zero-order chi connectivity index (χ0) is 12.2. The van der Waals surface area contributed by atoms with Crippen molar-refractivity contribution in [3.8, 4) is 0 Å². The lowest BCUT2D eigenvalue weighted by Crippen LogP contribution is -2.32. The van der Waals surface area contributed by atoms with Crippen molar-refractivity contribution in [1.29, 1.82) is 0 Å². The highest BCUT2D eigenvalue weighted by Gasteiger charge is 2.29. The molecule has 0 fully saturated rings. The number of rotatable bonds is 5. The van der Waals surface area contributed by atoms with Crippen LogP contribution in [0.2, 0.25) is 0 Å². The molecule has 0 aromatic carbocycles. The summed E-state index contributed by atoms with van der Waals surface area (Å²) in [5.74, 6) is 0. The van der Waals surface area contributed by atoms with Crippen LogP contribution in [0, 0.1) is 5.41 Å². The largest absolute Gasteiger partial charge is 0.309 e. The number of aromatic nitrogens is 2. The lowest BCUT2D eigenvalue weighted by atomic mass is 9.85. The Balaban J connectivity index is 2.96. The van der Waals surface area contributed by atoms with E-state index in [4.69, 9.17) is 0 Å². The highest BCUT2D eigenvalue weighted by molar-refractivity contribution is 7.05. The normalized spacial score (nSPS) is 14.1. The highest BCUT2D eigenvalue weighted by atomic mass is 32.1. The van der Waals surface area contributed by atoms with Crippen LogP contribution >= 0.6 is 11.5 Å². The molecule has 0 bridgehead atoms. The topological polar surface area (TPSA) is 37.8 Å². The molecule has 1 N–H and O–H groups in total. The van der Waals surface area contributed by atoms with E-state index in [0.29, 0.717) is 6.04 Å². The van der Waals surface area contributed by atoms with E-state index in [1.165, 1.54) is 10.6 Å². The van der Waals surface area contributed by atoms with Gasteiger partial charge >= 0.3 is 0 Å². The van der Waals surface area contributed by atoms with E-state index in [1.807, 2.05) is 0 Å². The van der Waals surface area contributed by atoms with E-state index < -0.39 is 0 Å². The minimum atomic E-state index is 0.201. The maximum atomic E-state index is 4.25. The molecule has 1 atom stereocenters. The summed E-state index contributed by atoms with van der Waals surface area (Å²) in [6.07, 6.45) is 2.16. The van der Waals surface area contributed by atoms with Crippen molar-refractivity contribution in [2.24, 2.45) is 5.41 Å². The van der Waals surface area contributed by atoms with E-state index >= 15 is 0 Å². The van der Waals surface area contributed by atoms with Gasteiger partial charge in [0, 0.05) is 6.04 Å². The van der Waals surface area contributed by atoms with Crippen LogP contribution in [0.3, 0.4) is 0 Å². The van der Waals surface area contributed by atoms with Gasteiger partial charge in [-0.25, -0.2) is 0 Å². The van der Waals surface area contributed by atoms with Crippen LogP contribution in [-0.2, 0) is 6.42 Å². The lowest BCUT2D eigenvalue weighted by molar-refractivity contribution is 0.279. The Kier molecular flexibility index (Phi) is 4.87. The maximum absolute atomic E-state index is 4.25. The Morgan fingerprint density at radius 3 is 2.50 bits per heavy atom. The van der Waals surface area contributed by atoms with Gasteiger partial charge < -0.3 is 5.32 Å².